The molecule has 0 unspecified atom stereocenters. The molecule has 0 radical (unpaired) electrons. The van der Waals surface area contributed by atoms with E-state index in [9.17, 15) is 14.9 Å². The van der Waals surface area contributed by atoms with Crippen LogP contribution in [-0.2, 0) is 0 Å². The Labute approximate surface area is 99.2 Å². The fourth-order valence-electron chi connectivity index (χ4n) is 1.57. The van der Waals surface area contributed by atoms with Crippen LogP contribution in [0.5, 0.6) is 0 Å². The number of pyridine rings is 1. The van der Waals surface area contributed by atoms with E-state index < -0.39 is 4.92 Å². The first-order chi connectivity index (χ1) is 7.97. The normalized spacial score (nSPS) is 10.1. The maximum Gasteiger partial charge on any atom is 0.363 e. The van der Waals surface area contributed by atoms with Gasteiger partial charge in [0.2, 0.25) is 0 Å². The van der Waals surface area contributed by atoms with Gasteiger partial charge < -0.3 is 15.4 Å². The number of hydrogen-bond acceptors (Lipinski definition) is 4. The molecule has 0 spiro atoms. The summed E-state index contributed by atoms with van der Waals surface area (Å²) in [7, 11) is 0. The molecule has 17 heavy (non-hydrogen) atoms. The lowest BCUT2D eigenvalue weighted by molar-refractivity contribution is -0.389. The molecule has 0 aliphatic rings. The molecule has 0 bridgehead atoms. The molecule has 1 heterocycles. The molecule has 0 saturated carbocycles. The van der Waals surface area contributed by atoms with Crippen molar-refractivity contribution >= 4 is 11.7 Å². The summed E-state index contributed by atoms with van der Waals surface area (Å²) < 4.78 is 0. The Morgan fingerprint density at radius 2 is 2.18 bits per heavy atom. The van der Waals surface area contributed by atoms with Crippen molar-refractivity contribution in [1.29, 1.82) is 0 Å². The van der Waals surface area contributed by atoms with Gasteiger partial charge in [-0.2, -0.15) is 0 Å². The SMILES string of the molecule is CCCNC(=O)c1c(C)cc([N+](=O)[O-])nc1C. The maximum atomic E-state index is 11.8. The van der Waals surface area contributed by atoms with Crippen LogP contribution in [0, 0.1) is 24.0 Å². The molecule has 92 valence electrons. The highest BCUT2D eigenvalue weighted by molar-refractivity contribution is 5.96. The number of hydrogen-bond donors (Lipinski definition) is 1. The summed E-state index contributed by atoms with van der Waals surface area (Å²) in [5, 5.41) is 13.3. The van der Waals surface area contributed by atoms with Crippen LogP contribution >= 0.6 is 0 Å². The third-order valence-electron chi connectivity index (χ3n) is 2.33. The summed E-state index contributed by atoms with van der Waals surface area (Å²) in [6, 6.07) is 1.31. The molecule has 0 atom stereocenters. The molecule has 1 rings (SSSR count). The molecule has 0 fully saturated rings. The van der Waals surface area contributed by atoms with Gasteiger partial charge in [-0.25, -0.2) is 0 Å². The minimum absolute atomic E-state index is 0.230. The average molecular weight is 237 g/mol. The first-order valence-corrected chi connectivity index (χ1v) is 5.38. The molecule has 1 aromatic rings. The van der Waals surface area contributed by atoms with E-state index in [4.69, 9.17) is 0 Å². The molecule has 1 N–H and O–H groups in total. The first kappa shape index (κ1) is 13.1. The Morgan fingerprint density at radius 1 is 1.53 bits per heavy atom. The van der Waals surface area contributed by atoms with Gasteiger partial charge in [-0.15, -0.1) is 0 Å². The van der Waals surface area contributed by atoms with Crippen LogP contribution in [0.3, 0.4) is 0 Å². The molecule has 1 amide bonds. The van der Waals surface area contributed by atoms with E-state index >= 15 is 0 Å². The zero-order chi connectivity index (χ0) is 13.0. The Bertz CT molecular complexity index is 434. The topological polar surface area (TPSA) is 85.1 Å². The van der Waals surface area contributed by atoms with Crippen molar-refractivity contribution in [3.63, 3.8) is 0 Å². The lowest BCUT2D eigenvalue weighted by atomic mass is 10.1. The molecular formula is C11H15N3O3. The van der Waals surface area contributed by atoms with Crippen molar-refractivity contribution in [1.82, 2.24) is 10.3 Å². The number of aromatic nitrogens is 1. The smallest absolute Gasteiger partial charge is 0.358 e. The van der Waals surface area contributed by atoms with Gasteiger partial charge in [-0.05, 0) is 28.8 Å². The number of carbonyl (C=O) groups is 1. The predicted molar refractivity (Wildman–Crippen MR) is 63.0 cm³/mol. The van der Waals surface area contributed by atoms with Gasteiger partial charge in [0.1, 0.15) is 0 Å². The van der Waals surface area contributed by atoms with E-state index in [0.717, 1.165) is 6.42 Å². The van der Waals surface area contributed by atoms with E-state index in [2.05, 4.69) is 10.3 Å². The van der Waals surface area contributed by atoms with Gasteiger partial charge in [-0.1, -0.05) is 6.92 Å². The first-order valence-electron chi connectivity index (χ1n) is 5.38. The molecular weight excluding hydrogens is 222 g/mol. The van der Waals surface area contributed by atoms with Crippen molar-refractivity contribution < 1.29 is 9.72 Å². The molecule has 0 aliphatic carbocycles. The number of carbonyl (C=O) groups excluding carboxylic acids is 1. The summed E-state index contributed by atoms with van der Waals surface area (Å²) in [6.45, 7) is 5.80. The average Bonchev–Trinajstić information content (AvgIpc) is 2.25. The fourth-order valence-corrected chi connectivity index (χ4v) is 1.57. The van der Waals surface area contributed by atoms with Crippen molar-refractivity contribution in [3.05, 3.63) is 33.0 Å². The third-order valence-corrected chi connectivity index (χ3v) is 2.33. The van der Waals surface area contributed by atoms with Crippen LogP contribution in [0.15, 0.2) is 6.07 Å². The van der Waals surface area contributed by atoms with Crippen LogP contribution in [-0.4, -0.2) is 22.4 Å². The molecule has 0 saturated heterocycles. The summed E-state index contributed by atoms with van der Waals surface area (Å²) in [6.07, 6.45) is 0.838. The van der Waals surface area contributed by atoms with E-state index in [1.54, 1.807) is 13.8 Å². The Kier molecular flexibility index (Phi) is 4.14. The molecule has 0 aliphatic heterocycles. The van der Waals surface area contributed by atoms with E-state index in [-0.39, 0.29) is 11.7 Å². The number of nitrogens with zero attached hydrogens (tertiary/aromatic N) is 2. The second kappa shape index (κ2) is 5.38. The second-order valence-corrected chi connectivity index (χ2v) is 3.77. The highest BCUT2D eigenvalue weighted by atomic mass is 16.6. The highest BCUT2D eigenvalue weighted by Gasteiger charge is 2.20. The van der Waals surface area contributed by atoms with E-state index in [1.807, 2.05) is 6.92 Å². The maximum absolute atomic E-state index is 11.8. The van der Waals surface area contributed by atoms with Crippen molar-refractivity contribution in [3.8, 4) is 0 Å². The van der Waals surface area contributed by atoms with E-state index in [1.165, 1.54) is 6.07 Å². The van der Waals surface area contributed by atoms with Crippen LogP contribution in [0.4, 0.5) is 5.82 Å². The summed E-state index contributed by atoms with van der Waals surface area (Å²) in [5.41, 5.74) is 1.37. The van der Waals surface area contributed by atoms with Crippen molar-refractivity contribution in [2.45, 2.75) is 27.2 Å². The van der Waals surface area contributed by atoms with Crippen LogP contribution in [0.1, 0.15) is 35.0 Å². The summed E-state index contributed by atoms with van der Waals surface area (Å²) in [4.78, 5) is 25.6. The monoisotopic (exact) mass is 237 g/mol. The molecule has 6 nitrogen and oxygen atoms in total. The van der Waals surface area contributed by atoms with Gasteiger partial charge in [-0.3, -0.25) is 4.79 Å². The number of rotatable bonds is 4. The van der Waals surface area contributed by atoms with Gasteiger partial charge in [0, 0.05) is 19.5 Å². The Morgan fingerprint density at radius 3 is 2.65 bits per heavy atom. The van der Waals surface area contributed by atoms with Gasteiger partial charge in [0.05, 0.1) is 5.56 Å². The van der Waals surface area contributed by atoms with Gasteiger partial charge in [0.15, 0.2) is 5.69 Å². The van der Waals surface area contributed by atoms with Gasteiger partial charge in [0.25, 0.3) is 5.91 Å². The van der Waals surface area contributed by atoms with Gasteiger partial charge >= 0.3 is 5.82 Å². The second-order valence-electron chi connectivity index (χ2n) is 3.77. The highest BCUT2D eigenvalue weighted by Crippen LogP contribution is 2.17. The summed E-state index contributed by atoms with van der Waals surface area (Å²) >= 11 is 0. The quantitative estimate of drug-likeness (QED) is 0.638. The largest absolute Gasteiger partial charge is 0.363 e. The zero-order valence-corrected chi connectivity index (χ0v) is 10.1. The Hall–Kier alpha value is -1.98. The number of nitrogens with one attached hydrogen (secondary N) is 1. The number of aryl methyl sites for hydroxylation is 2. The minimum atomic E-state index is -0.562. The van der Waals surface area contributed by atoms with Crippen LogP contribution in [0.25, 0.3) is 0 Å². The van der Waals surface area contributed by atoms with E-state index in [0.29, 0.717) is 23.4 Å². The van der Waals surface area contributed by atoms with Crippen LogP contribution < -0.4 is 5.32 Å². The standard InChI is InChI=1S/C11H15N3O3/c1-4-5-12-11(15)10-7(2)6-9(14(16)17)13-8(10)3/h6H,4-5H2,1-3H3,(H,12,15). The van der Waals surface area contributed by atoms with Crippen molar-refractivity contribution in [2.75, 3.05) is 6.54 Å². The number of amides is 1. The lowest BCUT2D eigenvalue weighted by Gasteiger charge is -2.07. The fraction of sp³-hybridized carbons (Fsp3) is 0.455. The molecule has 1 aromatic heterocycles. The zero-order valence-electron chi connectivity index (χ0n) is 10.1. The summed E-state index contributed by atoms with van der Waals surface area (Å²) in [5.74, 6) is -0.462. The molecule has 0 aromatic carbocycles. The predicted octanol–water partition coefficient (Wildman–Crippen LogP) is 1.75. The third kappa shape index (κ3) is 2.99. The Balaban J connectivity index is 3.09. The molecule has 6 heteroatoms. The van der Waals surface area contributed by atoms with Crippen LogP contribution in [0.2, 0.25) is 0 Å². The van der Waals surface area contributed by atoms with Crippen molar-refractivity contribution in [2.24, 2.45) is 0 Å². The number of nitro groups is 1. The lowest BCUT2D eigenvalue weighted by Crippen LogP contribution is -2.26. The minimum Gasteiger partial charge on any atom is -0.358 e.